The maximum Gasteiger partial charge on any atom is 0.260 e. The predicted octanol–water partition coefficient (Wildman–Crippen LogP) is 2.99. The molecule has 0 radical (unpaired) electrons. The minimum atomic E-state index is -0.278. The molecule has 2 aromatic carbocycles. The molecule has 0 aliphatic carbocycles. The Morgan fingerprint density at radius 2 is 1.79 bits per heavy atom. The van der Waals surface area contributed by atoms with Crippen LogP contribution in [0.2, 0.25) is 0 Å². The molecular formula is C25H29N5O4. The third kappa shape index (κ3) is 5.72. The lowest BCUT2D eigenvalue weighted by Crippen LogP contribution is -2.38. The molecule has 1 N–H and O–H groups in total. The number of likely N-dealkylation sites (tertiary alicyclic amines) is 1. The highest BCUT2D eigenvalue weighted by molar-refractivity contribution is 5.94. The smallest absolute Gasteiger partial charge is 0.260 e. The minimum absolute atomic E-state index is 0.0357. The van der Waals surface area contributed by atoms with Crippen molar-refractivity contribution in [3.8, 4) is 17.2 Å². The van der Waals surface area contributed by atoms with Gasteiger partial charge in [-0.05, 0) is 56.5 Å². The Balaban J connectivity index is 1.39. The van der Waals surface area contributed by atoms with Crippen LogP contribution in [0.5, 0.6) is 11.5 Å². The monoisotopic (exact) mass is 463 g/mol. The number of nitrogens with one attached hydrogen (secondary N) is 1. The number of piperidine rings is 1. The Morgan fingerprint density at radius 3 is 2.56 bits per heavy atom. The van der Waals surface area contributed by atoms with Crippen LogP contribution in [0.4, 0.5) is 0 Å². The fourth-order valence-electron chi connectivity index (χ4n) is 3.86. The van der Waals surface area contributed by atoms with Crippen LogP contribution < -0.4 is 14.8 Å². The number of para-hydroxylation sites is 1. The summed E-state index contributed by atoms with van der Waals surface area (Å²) in [7, 11) is 0. The van der Waals surface area contributed by atoms with Crippen molar-refractivity contribution in [3.63, 3.8) is 0 Å². The molecule has 0 atom stereocenters. The second-order valence-electron chi connectivity index (χ2n) is 7.96. The summed E-state index contributed by atoms with van der Waals surface area (Å²) in [5, 5.41) is 11.0. The normalized spacial score (nSPS) is 13.4. The molecular weight excluding hydrogens is 434 g/mol. The molecule has 178 valence electrons. The average molecular weight is 464 g/mol. The molecule has 2 amide bonds. The number of carbonyl (C=O) groups is 2. The summed E-state index contributed by atoms with van der Waals surface area (Å²) in [5.74, 6) is 1.16. The number of ether oxygens (including phenoxy) is 2. The van der Waals surface area contributed by atoms with Crippen molar-refractivity contribution in [3.05, 3.63) is 66.2 Å². The van der Waals surface area contributed by atoms with E-state index in [0.29, 0.717) is 29.5 Å². The van der Waals surface area contributed by atoms with Gasteiger partial charge in [0.05, 0.1) is 13.2 Å². The zero-order valence-electron chi connectivity index (χ0n) is 19.3. The van der Waals surface area contributed by atoms with Crippen molar-refractivity contribution in [1.29, 1.82) is 0 Å². The second kappa shape index (κ2) is 11.3. The molecule has 1 aliphatic rings. The molecule has 0 spiro atoms. The number of hydrogen-bond acceptors (Lipinski definition) is 6. The van der Waals surface area contributed by atoms with E-state index in [2.05, 4.69) is 15.5 Å². The van der Waals surface area contributed by atoms with Gasteiger partial charge in [0.25, 0.3) is 11.8 Å². The lowest BCUT2D eigenvalue weighted by Gasteiger charge is -2.26. The topological polar surface area (TPSA) is 98.6 Å². The third-order valence-electron chi connectivity index (χ3n) is 5.63. The largest absolute Gasteiger partial charge is 0.490 e. The maximum atomic E-state index is 12.8. The standard InChI is InChI=1S/C25H29N5O4/c1-2-33-22-15-19(11-12-21(22)34-17-24(31)29-13-7-4-8-14-29)25(32)26-16-23-28-27-18-30(23)20-9-5-3-6-10-20/h3,5-6,9-12,15,18H,2,4,7-8,13-14,16-17H2,1H3,(H,26,32). The second-order valence-corrected chi connectivity index (χ2v) is 7.96. The molecule has 1 fully saturated rings. The average Bonchev–Trinajstić information content (AvgIpc) is 3.36. The summed E-state index contributed by atoms with van der Waals surface area (Å²) in [4.78, 5) is 27.1. The van der Waals surface area contributed by atoms with E-state index in [0.717, 1.165) is 38.0 Å². The molecule has 4 rings (SSSR count). The molecule has 34 heavy (non-hydrogen) atoms. The number of aromatic nitrogens is 3. The minimum Gasteiger partial charge on any atom is -0.490 e. The van der Waals surface area contributed by atoms with Crippen LogP contribution in [0.25, 0.3) is 5.69 Å². The van der Waals surface area contributed by atoms with Gasteiger partial charge in [-0.1, -0.05) is 18.2 Å². The molecule has 2 heterocycles. The van der Waals surface area contributed by atoms with E-state index in [1.807, 2.05) is 46.7 Å². The van der Waals surface area contributed by atoms with E-state index >= 15 is 0 Å². The first kappa shape index (κ1) is 23.3. The van der Waals surface area contributed by atoms with Crippen molar-refractivity contribution in [2.75, 3.05) is 26.3 Å². The lowest BCUT2D eigenvalue weighted by atomic mass is 10.1. The Labute approximate surface area is 198 Å². The van der Waals surface area contributed by atoms with Crippen molar-refractivity contribution < 1.29 is 19.1 Å². The van der Waals surface area contributed by atoms with E-state index in [-0.39, 0.29) is 25.0 Å². The van der Waals surface area contributed by atoms with Gasteiger partial charge in [0.1, 0.15) is 6.33 Å². The molecule has 1 saturated heterocycles. The number of nitrogens with zero attached hydrogens (tertiary/aromatic N) is 4. The van der Waals surface area contributed by atoms with Crippen LogP contribution >= 0.6 is 0 Å². The highest BCUT2D eigenvalue weighted by atomic mass is 16.5. The SMILES string of the molecule is CCOc1cc(C(=O)NCc2nncn2-c2ccccc2)ccc1OCC(=O)N1CCCCC1. The van der Waals surface area contributed by atoms with Crippen LogP contribution in [0, 0.1) is 0 Å². The molecule has 1 aromatic heterocycles. The number of rotatable bonds is 9. The number of amides is 2. The van der Waals surface area contributed by atoms with Gasteiger partial charge in [0.2, 0.25) is 0 Å². The van der Waals surface area contributed by atoms with E-state index in [9.17, 15) is 9.59 Å². The van der Waals surface area contributed by atoms with Gasteiger partial charge in [-0.3, -0.25) is 14.2 Å². The molecule has 0 bridgehead atoms. The van der Waals surface area contributed by atoms with Crippen LogP contribution in [-0.2, 0) is 11.3 Å². The van der Waals surface area contributed by atoms with Gasteiger partial charge in [0.15, 0.2) is 23.9 Å². The zero-order valence-corrected chi connectivity index (χ0v) is 19.3. The van der Waals surface area contributed by atoms with Crippen LogP contribution in [-0.4, -0.2) is 57.8 Å². The lowest BCUT2D eigenvalue weighted by molar-refractivity contribution is -0.134. The van der Waals surface area contributed by atoms with Gasteiger partial charge in [-0.2, -0.15) is 0 Å². The van der Waals surface area contributed by atoms with Crippen molar-refractivity contribution >= 4 is 11.8 Å². The van der Waals surface area contributed by atoms with Crippen LogP contribution in [0.1, 0.15) is 42.4 Å². The van der Waals surface area contributed by atoms with E-state index in [1.165, 1.54) is 0 Å². The summed E-state index contributed by atoms with van der Waals surface area (Å²) >= 11 is 0. The summed E-state index contributed by atoms with van der Waals surface area (Å²) in [6.07, 6.45) is 4.83. The van der Waals surface area contributed by atoms with Gasteiger partial charge in [-0.25, -0.2) is 0 Å². The summed E-state index contributed by atoms with van der Waals surface area (Å²) in [6.45, 7) is 3.96. The first-order valence-corrected chi connectivity index (χ1v) is 11.6. The van der Waals surface area contributed by atoms with E-state index < -0.39 is 0 Å². The summed E-state index contributed by atoms with van der Waals surface area (Å²) in [5.41, 5.74) is 1.33. The Bertz CT molecular complexity index is 1110. The first-order chi connectivity index (χ1) is 16.7. The molecule has 0 saturated carbocycles. The Kier molecular flexibility index (Phi) is 7.75. The van der Waals surface area contributed by atoms with Gasteiger partial charge in [-0.15, -0.1) is 10.2 Å². The molecule has 0 unspecified atom stereocenters. The Hall–Kier alpha value is -3.88. The highest BCUT2D eigenvalue weighted by Crippen LogP contribution is 2.29. The zero-order chi connectivity index (χ0) is 23.8. The van der Waals surface area contributed by atoms with Gasteiger partial charge in [0, 0.05) is 24.3 Å². The number of hydrogen-bond donors (Lipinski definition) is 1. The van der Waals surface area contributed by atoms with Crippen molar-refractivity contribution in [2.45, 2.75) is 32.7 Å². The molecule has 1 aliphatic heterocycles. The van der Waals surface area contributed by atoms with Gasteiger partial charge < -0.3 is 19.7 Å². The molecule has 9 heteroatoms. The highest BCUT2D eigenvalue weighted by Gasteiger charge is 2.19. The van der Waals surface area contributed by atoms with Crippen LogP contribution in [0.3, 0.4) is 0 Å². The molecule has 9 nitrogen and oxygen atoms in total. The molecule has 3 aromatic rings. The fourth-order valence-corrected chi connectivity index (χ4v) is 3.86. The van der Waals surface area contributed by atoms with Crippen molar-refractivity contribution in [2.24, 2.45) is 0 Å². The van der Waals surface area contributed by atoms with Gasteiger partial charge >= 0.3 is 0 Å². The first-order valence-electron chi connectivity index (χ1n) is 11.6. The predicted molar refractivity (Wildman–Crippen MR) is 126 cm³/mol. The fraction of sp³-hybridized carbons (Fsp3) is 0.360. The number of carbonyl (C=O) groups excluding carboxylic acids is 2. The van der Waals surface area contributed by atoms with Crippen molar-refractivity contribution in [1.82, 2.24) is 25.0 Å². The number of benzene rings is 2. The summed E-state index contributed by atoms with van der Waals surface area (Å²) < 4.78 is 13.3. The van der Waals surface area contributed by atoms with E-state index in [4.69, 9.17) is 9.47 Å². The quantitative estimate of drug-likeness (QED) is 0.524. The van der Waals surface area contributed by atoms with Crippen LogP contribution in [0.15, 0.2) is 54.9 Å². The van der Waals surface area contributed by atoms with E-state index in [1.54, 1.807) is 24.5 Å². The third-order valence-corrected chi connectivity index (χ3v) is 5.63. The maximum absolute atomic E-state index is 12.8. The Morgan fingerprint density at radius 1 is 1.00 bits per heavy atom. The summed E-state index contributed by atoms with van der Waals surface area (Å²) in [6, 6.07) is 14.6.